The molecule has 1 rings (SSSR count). The van der Waals surface area contributed by atoms with Gasteiger partial charge in [-0.25, -0.2) is 4.79 Å². The van der Waals surface area contributed by atoms with Gasteiger partial charge in [0.15, 0.2) is 0 Å². The van der Waals surface area contributed by atoms with Crippen molar-refractivity contribution in [2.75, 3.05) is 6.54 Å². The van der Waals surface area contributed by atoms with Crippen LogP contribution in [0.5, 0.6) is 0 Å². The molecule has 0 aliphatic heterocycles. The van der Waals surface area contributed by atoms with Crippen LogP contribution in [0, 0.1) is 0 Å². The molecule has 0 saturated carbocycles. The van der Waals surface area contributed by atoms with E-state index in [1.165, 1.54) is 0 Å². The summed E-state index contributed by atoms with van der Waals surface area (Å²) in [5.74, 6) is -1.39. The minimum Gasteiger partial charge on any atom is -0.480 e. The largest absolute Gasteiger partial charge is 0.480 e. The molecule has 0 fully saturated rings. The van der Waals surface area contributed by atoms with Crippen molar-refractivity contribution in [1.29, 1.82) is 0 Å². The van der Waals surface area contributed by atoms with Crippen molar-refractivity contribution in [1.82, 2.24) is 5.32 Å². The molecule has 0 aromatic heterocycles. The number of hydrogen-bond acceptors (Lipinski definition) is 3. The summed E-state index contributed by atoms with van der Waals surface area (Å²) in [4.78, 5) is 22.6. The van der Waals surface area contributed by atoms with Crippen molar-refractivity contribution >= 4 is 11.9 Å². The van der Waals surface area contributed by atoms with Gasteiger partial charge in [-0.2, -0.15) is 0 Å². The SMILES string of the molecule is CC[C@@H](NC(=O)c1ccc(CCN)cc1)C(=O)O. The van der Waals surface area contributed by atoms with Crippen LogP contribution >= 0.6 is 0 Å². The molecule has 98 valence electrons. The first kappa shape index (κ1) is 14.2. The van der Waals surface area contributed by atoms with Gasteiger partial charge in [-0.1, -0.05) is 19.1 Å². The Labute approximate surface area is 106 Å². The molecule has 18 heavy (non-hydrogen) atoms. The summed E-state index contributed by atoms with van der Waals surface area (Å²) in [7, 11) is 0. The number of carboxylic acid groups (broad SMARTS) is 1. The molecule has 5 heteroatoms. The molecule has 0 unspecified atom stereocenters. The Kier molecular flexibility index (Phi) is 5.32. The van der Waals surface area contributed by atoms with Crippen LogP contribution in [-0.2, 0) is 11.2 Å². The lowest BCUT2D eigenvalue weighted by atomic mass is 10.1. The molecule has 0 aliphatic rings. The van der Waals surface area contributed by atoms with E-state index in [1.807, 2.05) is 12.1 Å². The molecule has 0 spiro atoms. The van der Waals surface area contributed by atoms with Crippen molar-refractivity contribution in [2.45, 2.75) is 25.8 Å². The highest BCUT2D eigenvalue weighted by atomic mass is 16.4. The predicted molar refractivity (Wildman–Crippen MR) is 68.4 cm³/mol. The number of nitrogens with two attached hydrogens (primary N) is 1. The number of benzene rings is 1. The van der Waals surface area contributed by atoms with Crippen LogP contribution in [0.25, 0.3) is 0 Å². The minimum atomic E-state index is -1.02. The molecule has 4 N–H and O–H groups in total. The van der Waals surface area contributed by atoms with Gasteiger partial charge < -0.3 is 16.2 Å². The summed E-state index contributed by atoms with van der Waals surface area (Å²) in [6.45, 7) is 2.27. The van der Waals surface area contributed by atoms with Crippen LogP contribution in [0.4, 0.5) is 0 Å². The summed E-state index contributed by atoms with van der Waals surface area (Å²) >= 11 is 0. The molecule has 5 nitrogen and oxygen atoms in total. The number of carbonyl (C=O) groups excluding carboxylic acids is 1. The van der Waals surface area contributed by atoms with E-state index in [0.717, 1.165) is 12.0 Å². The first-order valence-electron chi connectivity index (χ1n) is 5.91. The molecule has 1 atom stereocenters. The second kappa shape index (κ2) is 6.76. The smallest absolute Gasteiger partial charge is 0.326 e. The van der Waals surface area contributed by atoms with Crippen molar-refractivity contribution in [2.24, 2.45) is 5.73 Å². The molecule has 1 amide bonds. The number of hydrogen-bond donors (Lipinski definition) is 3. The second-order valence-corrected chi connectivity index (χ2v) is 4.01. The third-order valence-corrected chi connectivity index (χ3v) is 2.66. The number of carbonyl (C=O) groups is 2. The van der Waals surface area contributed by atoms with E-state index in [2.05, 4.69) is 5.32 Å². The van der Waals surface area contributed by atoms with E-state index in [1.54, 1.807) is 19.1 Å². The van der Waals surface area contributed by atoms with Gasteiger partial charge in [0.05, 0.1) is 0 Å². The molecule has 0 heterocycles. The maximum absolute atomic E-state index is 11.8. The standard InChI is InChI=1S/C13H18N2O3/c1-2-11(13(17)18)15-12(16)10-5-3-9(4-6-10)7-8-14/h3-6,11H,2,7-8,14H2,1H3,(H,15,16)(H,17,18)/t11-/m1/s1. The predicted octanol–water partition coefficient (Wildman–Crippen LogP) is 0.781. The normalized spacial score (nSPS) is 11.9. The maximum atomic E-state index is 11.8. The second-order valence-electron chi connectivity index (χ2n) is 4.01. The quantitative estimate of drug-likeness (QED) is 0.695. The lowest BCUT2D eigenvalue weighted by Crippen LogP contribution is -2.40. The van der Waals surface area contributed by atoms with Crippen molar-refractivity contribution in [3.8, 4) is 0 Å². The highest BCUT2D eigenvalue weighted by Gasteiger charge is 2.18. The number of aliphatic carboxylic acids is 1. The van der Waals surface area contributed by atoms with Gasteiger partial charge in [0, 0.05) is 5.56 Å². The third kappa shape index (κ3) is 3.85. The van der Waals surface area contributed by atoms with E-state index in [0.29, 0.717) is 18.5 Å². The van der Waals surface area contributed by atoms with Crippen LogP contribution in [0.15, 0.2) is 24.3 Å². The zero-order valence-corrected chi connectivity index (χ0v) is 10.3. The summed E-state index contributed by atoms with van der Waals surface area (Å²) in [5, 5.41) is 11.3. The first-order valence-corrected chi connectivity index (χ1v) is 5.91. The fourth-order valence-electron chi connectivity index (χ4n) is 1.57. The third-order valence-electron chi connectivity index (χ3n) is 2.66. The molecule has 1 aromatic carbocycles. The van der Waals surface area contributed by atoms with Gasteiger partial charge in [-0.15, -0.1) is 0 Å². The summed E-state index contributed by atoms with van der Waals surface area (Å²) in [6, 6.07) is 6.15. The maximum Gasteiger partial charge on any atom is 0.326 e. The molecule has 0 aliphatic carbocycles. The van der Waals surface area contributed by atoms with E-state index in [4.69, 9.17) is 10.8 Å². The Morgan fingerprint density at radius 1 is 1.33 bits per heavy atom. The first-order chi connectivity index (χ1) is 8.58. The average Bonchev–Trinajstić information content (AvgIpc) is 2.36. The fourth-order valence-corrected chi connectivity index (χ4v) is 1.57. The zero-order chi connectivity index (χ0) is 13.5. The number of carboxylic acids is 1. The highest BCUT2D eigenvalue weighted by molar-refractivity contribution is 5.96. The van der Waals surface area contributed by atoms with Crippen molar-refractivity contribution in [3.05, 3.63) is 35.4 Å². The van der Waals surface area contributed by atoms with Crippen LogP contribution in [0.1, 0.15) is 29.3 Å². The molecular formula is C13H18N2O3. The summed E-state index contributed by atoms with van der Waals surface area (Å²) < 4.78 is 0. The Bertz CT molecular complexity index is 415. The van der Waals surface area contributed by atoms with E-state index >= 15 is 0 Å². The van der Waals surface area contributed by atoms with Gasteiger partial charge in [-0.05, 0) is 37.1 Å². The van der Waals surface area contributed by atoms with Crippen LogP contribution in [-0.4, -0.2) is 29.6 Å². The number of nitrogens with one attached hydrogen (secondary N) is 1. The molecule has 0 saturated heterocycles. The molecule has 1 aromatic rings. The van der Waals surface area contributed by atoms with Crippen LogP contribution in [0.3, 0.4) is 0 Å². The minimum absolute atomic E-state index is 0.354. The van der Waals surface area contributed by atoms with E-state index in [-0.39, 0.29) is 5.91 Å². The number of rotatable bonds is 6. The van der Waals surface area contributed by atoms with E-state index < -0.39 is 12.0 Å². The zero-order valence-electron chi connectivity index (χ0n) is 10.3. The molecule has 0 radical (unpaired) electrons. The van der Waals surface area contributed by atoms with Crippen LogP contribution in [0.2, 0.25) is 0 Å². The van der Waals surface area contributed by atoms with Crippen molar-refractivity contribution < 1.29 is 14.7 Å². The average molecular weight is 250 g/mol. The van der Waals surface area contributed by atoms with Crippen molar-refractivity contribution in [3.63, 3.8) is 0 Å². The Balaban J connectivity index is 2.69. The van der Waals surface area contributed by atoms with Gasteiger partial charge in [0.1, 0.15) is 6.04 Å². The Hall–Kier alpha value is -1.88. The Morgan fingerprint density at radius 2 is 1.94 bits per heavy atom. The van der Waals surface area contributed by atoms with Gasteiger partial charge in [-0.3, -0.25) is 4.79 Å². The lowest BCUT2D eigenvalue weighted by Gasteiger charge is -2.12. The topological polar surface area (TPSA) is 92.4 Å². The summed E-state index contributed by atoms with van der Waals surface area (Å²) in [5.41, 5.74) is 6.94. The van der Waals surface area contributed by atoms with Gasteiger partial charge in [0.2, 0.25) is 0 Å². The summed E-state index contributed by atoms with van der Waals surface area (Å²) in [6.07, 6.45) is 1.11. The lowest BCUT2D eigenvalue weighted by molar-refractivity contribution is -0.139. The Morgan fingerprint density at radius 3 is 2.39 bits per heavy atom. The van der Waals surface area contributed by atoms with Gasteiger partial charge in [0.25, 0.3) is 5.91 Å². The van der Waals surface area contributed by atoms with E-state index in [9.17, 15) is 9.59 Å². The number of amides is 1. The fraction of sp³-hybridized carbons (Fsp3) is 0.385. The molecular weight excluding hydrogens is 232 g/mol. The highest BCUT2D eigenvalue weighted by Crippen LogP contribution is 2.05. The van der Waals surface area contributed by atoms with Gasteiger partial charge >= 0.3 is 5.97 Å². The van der Waals surface area contributed by atoms with Crippen LogP contribution < -0.4 is 11.1 Å². The molecule has 0 bridgehead atoms. The monoisotopic (exact) mass is 250 g/mol.